The zero-order chi connectivity index (χ0) is 0. The van der Waals surface area contributed by atoms with Crippen LogP contribution in [0.5, 0.6) is 0 Å². The molecular weight excluding hydrogens is 462 g/mol. The number of hydrogen-bond acceptors (Lipinski definition) is 0. The van der Waals surface area contributed by atoms with Gasteiger partial charge in [-0.15, -0.1) is 0 Å². The first-order chi connectivity index (χ1) is 0. The number of hydrogen-bond donors (Lipinski definition) is 0. The third-order valence-corrected chi connectivity index (χ3v) is 0. The molecule has 0 N–H and O–H groups in total. The minimum absolute atomic E-state index is 0. The van der Waals surface area contributed by atoms with Crippen LogP contribution in [0.3, 0.4) is 0 Å². The third-order valence-electron chi connectivity index (χ3n) is 0. The van der Waals surface area contributed by atoms with Gasteiger partial charge in [0.2, 0.25) is 0 Å². The average Bonchev–Trinajstić information content (AvgIpc) is 0. The standard InChI is InChI=1S/3O.2Pb/q3*-2;2*+3. The van der Waals surface area contributed by atoms with Gasteiger partial charge >= 0.3 is 54.6 Å². The van der Waals surface area contributed by atoms with Gasteiger partial charge in [0, 0.05) is 0 Å². The monoisotopic (exact) mass is 464 g/mol. The molecule has 5 heavy (non-hydrogen) atoms. The zero-order valence-electron chi connectivity index (χ0n) is 2.22. The van der Waals surface area contributed by atoms with Crippen molar-refractivity contribution in [2.45, 2.75) is 0 Å². The molecule has 0 rings (SSSR count). The van der Waals surface area contributed by atoms with Gasteiger partial charge in [-0.05, 0) is 0 Å². The first-order valence-electron chi connectivity index (χ1n) is 0. The van der Waals surface area contributed by atoms with Gasteiger partial charge in [-0.2, -0.15) is 0 Å². The third kappa shape index (κ3) is 26.7. The molecule has 0 aromatic heterocycles. The van der Waals surface area contributed by atoms with Crippen molar-refractivity contribution in [2.24, 2.45) is 0 Å². The topological polar surface area (TPSA) is 85.5 Å². The summed E-state index contributed by atoms with van der Waals surface area (Å²) in [4.78, 5) is 0. The summed E-state index contributed by atoms with van der Waals surface area (Å²) in [6.07, 6.45) is 0. The molecule has 3 nitrogen and oxygen atoms in total. The van der Waals surface area contributed by atoms with E-state index in [0.29, 0.717) is 0 Å². The molecule has 0 bridgehead atoms. The first-order valence-corrected chi connectivity index (χ1v) is 0. The van der Waals surface area contributed by atoms with Gasteiger partial charge in [0.25, 0.3) is 0 Å². The smallest absolute Gasteiger partial charge is 2.00 e. The molecule has 0 aliphatic heterocycles. The predicted octanol–water partition coefficient (Wildman–Crippen LogP) is -1.12. The molecular formula is O3Pb2. The van der Waals surface area contributed by atoms with Crippen LogP contribution < -0.4 is 0 Å². The van der Waals surface area contributed by atoms with Crippen molar-refractivity contribution in [2.75, 3.05) is 0 Å². The van der Waals surface area contributed by atoms with E-state index in [0.717, 1.165) is 0 Å². The van der Waals surface area contributed by atoms with Crippen LogP contribution in [0.2, 0.25) is 0 Å². The predicted molar refractivity (Wildman–Crippen MR) is 13.6 cm³/mol. The molecule has 0 fully saturated rings. The molecule has 0 spiro atoms. The van der Waals surface area contributed by atoms with Crippen molar-refractivity contribution in [1.82, 2.24) is 0 Å². The molecule has 0 unspecified atom stereocenters. The Bertz CT molecular complexity index is 4.85. The Morgan fingerprint density at radius 1 is 0.400 bits per heavy atom. The maximum absolute atomic E-state index is 0. The van der Waals surface area contributed by atoms with Crippen molar-refractivity contribution in [3.05, 3.63) is 0 Å². The minimum Gasteiger partial charge on any atom is -2.00 e. The molecule has 0 aliphatic carbocycles. The van der Waals surface area contributed by atoms with Crippen molar-refractivity contribution in [3.8, 4) is 0 Å². The van der Waals surface area contributed by atoms with Crippen LogP contribution in [0.15, 0.2) is 0 Å². The fraction of sp³-hybridized carbons (Fsp3) is 0. The minimum atomic E-state index is 0. The van der Waals surface area contributed by atoms with Gasteiger partial charge in [0.05, 0.1) is 0 Å². The maximum Gasteiger partial charge on any atom is 3.00 e. The summed E-state index contributed by atoms with van der Waals surface area (Å²) in [5, 5.41) is 0. The Kier molecular flexibility index (Phi) is 637. The van der Waals surface area contributed by atoms with E-state index >= 15 is 0 Å². The van der Waals surface area contributed by atoms with E-state index in [2.05, 4.69) is 0 Å². The van der Waals surface area contributed by atoms with Gasteiger partial charge in [0.15, 0.2) is 0 Å². The molecule has 0 aliphatic rings. The molecule has 0 saturated heterocycles. The van der Waals surface area contributed by atoms with E-state index in [1.807, 2.05) is 0 Å². The van der Waals surface area contributed by atoms with Gasteiger partial charge in [-0.1, -0.05) is 0 Å². The Balaban J connectivity index is 0. The molecule has 0 saturated carbocycles. The van der Waals surface area contributed by atoms with Crippen LogP contribution in [0, 0.1) is 0 Å². The quantitative estimate of drug-likeness (QED) is 0.409. The second-order valence-electron chi connectivity index (χ2n) is 0. The van der Waals surface area contributed by atoms with Crippen LogP contribution >= 0.6 is 0 Å². The van der Waals surface area contributed by atoms with Gasteiger partial charge in [-0.25, -0.2) is 0 Å². The van der Waals surface area contributed by atoms with Crippen molar-refractivity contribution < 1.29 is 16.4 Å². The van der Waals surface area contributed by atoms with E-state index < -0.39 is 0 Å². The van der Waals surface area contributed by atoms with E-state index in [1.165, 1.54) is 0 Å². The van der Waals surface area contributed by atoms with Crippen molar-refractivity contribution >= 4 is 54.6 Å². The van der Waals surface area contributed by atoms with Crippen LogP contribution in [-0.4, -0.2) is 54.6 Å². The van der Waals surface area contributed by atoms with Crippen LogP contribution in [0.1, 0.15) is 0 Å². The summed E-state index contributed by atoms with van der Waals surface area (Å²) < 4.78 is 0. The molecule has 5 heteroatoms. The maximum atomic E-state index is 0. The van der Waals surface area contributed by atoms with Crippen molar-refractivity contribution in [1.29, 1.82) is 0 Å². The Labute approximate surface area is 70.4 Å². The molecule has 0 heterocycles. The van der Waals surface area contributed by atoms with E-state index in [-0.39, 0.29) is 71.0 Å². The zero-order valence-corrected chi connectivity index (χ0v) is 10.00. The van der Waals surface area contributed by atoms with Crippen LogP contribution in [0.4, 0.5) is 0 Å². The second kappa shape index (κ2) is 43.0. The number of rotatable bonds is 0. The molecule has 0 atom stereocenters. The molecule has 26 valence electrons. The summed E-state index contributed by atoms with van der Waals surface area (Å²) in [7, 11) is 0. The Hall–Kier alpha value is 1.72. The van der Waals surface area contributed by atoms with Gasteiger partial charge < -0.3 is 16.4 Å². The van der Waals surface area contributed by atoms with Crippen molar-refractivity contribution in [3.63, 3.8) is 0 Å². The summed E-state index contributed by atoms with van der Waals surface area (Å²) >= 11 is 0. The largest absolute Gasteiger partial charge is 3.00 e. The van der Waals surface area contributed by atoms with E-state index in [4.69, 9.17) is 0 Å². The second-order valence-corrected chi connectivity index (χ2v) is 0. The first kappa shape index (κ1) is 74.1. The van der Waals surface area contributed by atoms with Gasteiger partial charge in [0.1, 0.15) is 0 Å². The normalized spacial score (nSPS) is 0. The summed E-state index contributed by atoms with van der Waals surface area (Å²) in [6.45, 7) is 0. The Morgan fingerprint density at radius 3 is 0.400 bits per heavy atom. The fourth-order valence-electron chi connectivity index (χ4n) is 0. The molecule has 0 aromatic rings. The molecule has 2 radical (unpaired) electrons. The SMILES string of the molecule is [O-2].[O-2].[O-2].[Pb+3].[Pb+3]. The van der Waals surface area contributed by atoms with E-state index in [9.17, 15) is 0 Å². The summed E-state index contributed by atoms with van der Waals surface area (Å²) in [5.41, 5.74) is 0. The van der Waals surface area contributed by atoms with Gasteiger partial charge in [-0.3, -0.25) is 0 Å². The summed E-state index contributed by atoms with van der Waals surface area (Å²) in [6, 6.07) is 0. The fourth-order valence-corrected chi connectivity index (χ4v) is 0. The molecule has 0 aromatic carbocycles. The van der Waals surface area contributed by atoms with Crippen LogP contribution in [-0.2, 0) is 16.4 Å². The molecule has 0 amide bonds. The average molecular weight is 462 g/mol. The summed E-state index contributed by atoms with van der Waals surface area (Å²) in [5.74, 6) is 0. The van der Waals surface area contributed by atoms with Crippen LogP contribution in [0.25, 0.3) is 0 Å². The Morgan fingerprint density at radius 2 is 0.400 bits per heavy atom. The van der Waals surface area contributed by atoms with E-state index in [1.54, 1.807) is 0 Å².